The van der Waals surface area contributed by atoms with Crippen LogP contribution in [0, 0.1) is 21.3 Å². The lowest BCUT2D eigenvalue weighted by Crippen LogP contribution is -2.51. The summed E-state index contributed by atoms with van der Waals surface area (Å²) in [7, 11) is 0. The summed E-state index contributed by atoms with van der Waals surface area (Å²) in [5, 5.41) is 0. The Morgan fingerprint density at radius 1 is 1.07 bits per heavy atom. The number of hydrogen-bond acceptors (Lipinski definition) is 3. The summed E-state index contributed by atoms with van der Waals surface area (Å²) in [6.07, 6.45) is 7.82. The van der Waals surface area contributed by atoms with E-state index in [9.17, 15) is 14.4 Å². The molecule has 2 saturated heterocycles. The van der Waals surface area contributed by atoms with Crippen molar-refractivity contribution in [3.63, 3.8) is 0 Å². The number of nitrogens with zero attached hydrogens (tertiary/aromatic N) is 2. The standard InChI is InChI=1S/C24H25IN2O3/c1-2-4-14-11-19-22(18-12-17-5-3-6-21(28)26(17)13-20(14)18)24(30)27(23(19)29)16-9-7-15(25)8-10-16/h3,6-10,17-19,22H,2,4-5,11-13H2,1H3/t17-,18-,19+,22-/m1/s1. The molecule has 0 bridgehead atoms. The minimum absolute atomic E-state index is 0.0547. The van der Waals surface area contributed by atoms with Crippen LogP contribution in [0.1, 0.15) is 39.0 Å². The highest BCUT2D eigenvalue weighted by molar-refractivity contribution is 14.1. The SMILES string of the molecule is CCCC1=C2CN3C(=O)C=CC[C@@H]3C[C@H]2[C@H]2C(=O)N(c3ccc(I)cc3)C(=O)[C@H]2C1. The fraction of sp³-hybridized carbons (Fsp3) is 0.458. The second-order valence-corrected chi connectivity index (χ2v) is 10.0. The molecule has 3 aliphatic heterocycles. The van der Waals surface area contributed by atoms with Gasteiger partial charge in [0, 0.05) is 16.2 Å². The Kier molecular flexibility index (Phi) is 5.08. The predicted octanol–water partition coefficient (Wildman–Crippen LogP) is 4.07. The summed E-state index contributed by atoms with van der Waals surface area (Å²) in [4.78, 5) is 42.8. The third-order valence-electron chi connectivity index (χ3n) is 7.17. The fourth-order valence-corrected chi connectivity index (χ4v) is 6.21. The molecule has 0 spiro atoms. The van der Waals surface area contributed by atoms with Crippen molar-refractivity contribution < 1.29 is 14.4 Å². The summed E-state index contributed by atoms with van der Waals surface area (Å²) in [6.45, 7) is 2.76. The van der Waals surface area contributed by atoms with Gasteiger partial charge in [-0.15, -0.1) is 0 Å². The number of anilines is 1. The van der Waals surface area contributed by atoms with E-state index in [1.807, 2.05) is 35.2 Å². The van der Waals surface area contributed by atoms with Crippen LogP contribution in [-0.4, -0.2) is 35.2 Å². The van der Waals surface area contributed by atoms with Crippen molar-refractivity contribution in [2.45, 2.75) is 45.1 Å². The summed E-state index contributed by atoms with van der Waals surface area (Å²) >= 11 is 2.23. The van der Waals surface area contributed by atoms with Crippen LogP contribution in [0.2, 0.25) is 0 Å². The van der Waals surface area contributed by atoms with Crippen LogP contribution in [0.3, 0.4) is 0 Å². The van der Waals surface area contributed by atoms with E-state index in [-0.39, 0.29) is 41.5 Å². The highest BCUT2D eigenvalue weighted by atomic mass is 127. The topological polar surface area (TPSA) is 57.7 Å². The van der Waals surface area contributed by atoms with Gasteiger partial charge < -0.3 is 4.90 Å². The molecule has 1 aliphatic carbocycles. The Balaban J connectivity index is 1.53. The fourth-order valence-electron chi connectivity index (χ4n) is 5.85. The molecule has 0 saturated carbocycles. The third kappa shape index (κ3) is 3.06. The Morgan fingerprint density at radius 3 is 2.57 bits per heavy atom. The molecule has 5 rings (SSSR count). The van der Waals surface area contributed by atoms with E-state index in [0.29, 0.717) is 18.7 Å². The molecule has 0 radical (unpaired) electrons. The molecule has 6 heteroatoms. The first-order valence-electron chi connectivity index (χ1n) is 10.8. The second kappa shape index (κ2) is 7.62. The van der Waals surface area contributed by atoms with Crippen LogP contribution < -0.4 is 4.90 Å². The normalized spacial score (nSPS) is 30.5. The van der Waals surface area contributed by atoms with Crippen molar-refractivity contribution in [2.75, 3.05) is 11.4 Å². The quantitative estimate of drug-likeness (QED) is 0.346. The molecule has 1 aromatic carbocycles. The minimum atomic E-state index is -0.296. The average Bonchev–Trinajstić information content (AvgIpc) is 2.98. The van der Waals surface area contributed by atoms with Gasteiger partial charge in [-0.2, -0.15) is 0 Å². The van der Waals surface area contributed by atoms with Crippen molar-refractivity contribution in [1.82, 2.24) is 4.90 Å². The lowest BCUT2D eigenvalue weighted by Gasteiger charge is -2.47. The molecule has 0 N–H and O–H groups in total. The number of rotatable bonds is 3. The molecule has 5 nitrogen and oxygen atoms in total. The van der Waals surface area contributed by atoms with Crippen LogP contribution in [0.25, 0.3) is 0 Å². The smallest absolute Gasteiger partial charge is 0.246 e. The molecule has 2 fully saturated rings. The number of benzene rings is 1. The van der Waals surface area contributed by atoms with Crippen LogP contribution in [0.5, 0.6) is 0 Å². The average molecular weight is 516 g/mol. The summed E-state index contributed by atoms with van der Waals surface area (Å²) in [6, 6.07) is 7.73. The van der Waals surface area contributed by atoms with E-state index in [4.69, 9.17) is 0 Å². The highest BCUT2D eigenvalue weighted by Gasteiger charge is 2.56. The van der Waals surface area contributed by atoms with E-state index in [0.717, 1.165) is 29.3 Å². The Hall–Kier alpha value is -1.96. The number of halogens is 1. The van der Waals surface area contributed by atoms with Gasteiger partial charge in [0.1, 0.15) is 0 Å². The molecule has 4 atom stereocenters. The van der Waals surface area contributed by atoms with E-state index >= 15 is 0 Å². The van der Waals surface area contributed by atoms with Gasteiger partial charge in [-0.1, -0.05) is 25.0 Å². The minimum Gasteiger partial charge on any atom is -0.332 e. The van der Waals surface area contributed by atoms with E-state index in [1.165, 1.54) is 16.0 Å². The lowest BCUT2D eigenvalue weighted by atomic mass is 9.65. The monoisotopic (exact) mass is 516 g/mol. The number of allylic oxidation sites excluding steroid dienone is 1. The Morgan fingerprint density at radius 2 is 1.83 bits per heavy atom. The van der Waals surface area contributed by atoms with Crippen molar-refractivity contribution >= 4 is 46.0 Å². The first-order valence-corrected chi connectivity index (χ1v) is 11.9. The molecular formula is C24H25IN2O3. The van der Waals surface area contributed by atoms with Gasteiger partial charge in [0.05, 0.1) is 17.5 Å². The zero-order valence-electron chi connectivity index (χ0n) is 17.0. The number of piperidine rings is 1. The molecule has 3 heterocycles. The number of carbonyl (C=O) groups excluding carboxylic acids is 3. The maximum absolute atomic E-state index is 13.6. The van der Waals surface area contributed by atoms with E-state index in [1.54, 1.807) is 6.08 Å². The molecule has 0 aromatic heterocycles. The summed E-state index contributed by atoms with van der Waals surface area (Å²) in [5.41, 5.74) is 3.23. The van der Waals surface area contributed by atoms with Gasteiger partial charge in [-0.25, -0.2) is 0 Å². The number of amides is 3. The third-order valence-corrected chi connectivity index (χ3v) is 7.89. The highest BCUT2D eigenvalue weighted by Crippen LogP contribution is 2.51. The van der Waals surface area contributed by atoms with Gasteiger partial charge in [0.2, 0.25) is 17.7 Å². The second-order valence-electron chi connectivity index (χ2n) is 8.80. The molecule has 1 aromatic rings. The lowest BCUT2D eigenvalue weighted by molar-refractivity contribution is -0.131. The molecule has 0 unspecified atom stereocenters. The zero-order chi connectivity index (χ0) is 21.0. The summed E-state index contributed by atoms with van der Waals surface area (Å²) in [5.74, 6) is -0.541. The van der Waals surface area contributed by atoms with Crippen molar-refractivity contribution in [3.8, 4) is 0 Å². The first-order chi connectivity index (χ1) is 14.5. The molecular weight excluding hydrogens is 491 g/mol. The van der Waals surface area contributed by atoms with E-state index in [2.05, 4.69) is 29.5 Å². The predicted molar refractivity (Wildman–Crippen MR) is 123 cm³/mol. The maximum Gasteiger partial charge on any atom is 0.246 e. The van der Waals surface area contributed by atoms with Crippen molar-refractivity contribution in [3.05, 3.63) is 51.1 Å². The van der Waals surface area contributed by atoms with E-state index < -0.39 is 0 Å². The first kappa shape index (κ1) is 20.0. The zero-order valence-corrected chi connectivity index (χ0v) is 19.2. The van der Waals surface area contributed by atoms with Gasteiger partial charge in [0.15, 0.2) is 0 Å². The van der Waals surface area contributed by atoms with Crippen LogP contribution in [0.4, 0.5) is 5.69 Å². The largest absolute Gasteiger partial charge is 0.332 e. The van der Waals surface area contributed by atoms with Crippen molar-refractivity contribution in [2.24, 2.45) is 17.8 Å². The Labute approximate surface area is 190 Å². The van der Waals surface area contributed by atoms with Gasteiger partial charge in [-0.05, 0) is 90.1 Å². The van der Waals surface area contributed by atoms with Crippen LogP contribution in [0.15, 0.2) is 47.6 Å². The summed E-state index contributed by atoms with van der Waals surface area (Å²) < 4.78 is 1.07. The molecule has 156 valence electrons. The molecule has 30 heavy (non-hydrogen) atoms. The molecule has 3 amide bonds. The van der Waals surface area contributed by atoms with Gasteiger partial charge in [0.25, 0.3) is 0 Å². The molecule has 4 aliphatic rings. The number of imide groups is 1. The maximum atomic E-state index is 13.6. The van der Waals surface area contributed by atoms with Gasteiger partial charge in [-0.3, -0.25) is 19.3 Å². The van der Waals surface area contributed by atoms with Crippen LogP contribution in [-0.2, 0) is 14.4 Å². The number of fused-ring (bicyclic) bond motifs is 4. The Bertz CT molecular complexity index is 981. The number of carbonyl (C=O) groups is 3. The van der Waals surface area contributed by atoms with Crippen molar-refractivity contribution in [1.29, 1.82) is 0 Å². The number of hydrogen-bond donors (Lipinski definition) is 0. The van der Waals surface area contributed by atoms with Crippen LogP contribution >= 0.6 is 22.6 Å². The van der Waals surface area contributed by atoms with Gasteiger partial charge >= 0.3 is 0 Å².